The molecule has 112 valence electrons. The molecule has 2 rings (SSSR count). The molecule has 0 unspecified atom stereocenters. The average molecular weight is 305 g/mol. The van der Waals surface area contributed by atoms with Crippen LogP contribution in [0.4, 0.5) is 14.5 Å². The number of nitrogens with one attached hydrogen (secondary N) is 1. The summed E-state index contributed by atoms with van der Waals surface area (Å²) in [4.78, 5) is 1.77. The lowest BCUT2D eigenvalue weighted by molar-refractivity contribution is 0.178. The maximum absolute atomic E-state index is 12.7. The Kier molecular flexibility index (Phi) is 4.56. The minimum atomic E-state index is -4.60. The van der Waals surface area contributed by atoms with E-state index in [4.69, 9.17) is 0 Å². The highest BCUT2D eigenvalue weighted by Crippen LogP contribution is 2.26. The number of hydrogen-bond acceptors (Lipinski definition) is 5. The molecule has 1 aliphatic rings. The number of para-hydroxylation sites is 1. The normalized spacial score (nSPS) is 18.4. The molecule has 0 bridgehead atoms. The lowest BCUT2D eigenvalue weighted by atomic mass is 10.3. The van der Waals surface area contributed by atoms with E-state index < -0.39 is 15.6 Å². The van der Waals surface area contributed by atoms with Crippen molar-refractivity contribution >= 4 is 15.5 Å². The maximum Gasteiger partial charge on any atom is 0.341 e. The molecular weight excluding hydrogens is 288 g/mol. The molecule has 1 aromatic rings. The van der Waals surface area contributed by atoms with Gasteiger partial charge in [-0.3, -0.25) is 0 Å². The number of nitrogens with zero attached hydrogens (tertiary/aromatic N) is 2. The van der Waals surface area contributed by atoms with Crippen LogP contribution in [0.15, 0.2) is 29.2 Å². The molecule has 8 heteroatoms. The fourth-order valence-corrected chi connectivity index (χ4v) is 2.87. The zero-order valence-corrected chi connectivity index (χ0v) is 11.9. The van der Waals surface area contributed by atoms with Gasteiger partial charge in [-0.15, -0.1) is 0 Å². The summed E-state index contributed by atoms with van der Waals surface area (Å²) in [5.41, 5.74) is 3.12. The largest absolute Gasteiger partial charge is 0.341 e. The second-order valence-corrected chi connectivity index (χ2v) is 6.59. The average Bonchev–Trinajstić information content (AvgIpc) is 2.41. The standard InChI is InChI=1S/C12H17F2N3O2S/c1-16-6-8-17(9-7-16)15-10-4-2-3-5-11(10)20(18,19)12(13)14/h2-5,12,15H,6-9H2,1H3. The van der Waals surface area contributed by atoms with Crippen LogP contribution in [0.2, 0.25) is 0 Å². The predicted octanol–water partition coefficient (Wildman–Crippen LogP) is 1.26. The molecule has 1 N–H and O–H groups in total. The van der Waals surface area contributed by atoms with Gasteiger partial charge in [0.2, 0.25) is 9.84 Å². The Bertz CT molecular complexity index is 558. The van der Waals surface area contributed by atoms with Crippen LogP contribution in [-0.4, -0.2) is 57.3 Å². The summed E-state index contributed by atoms with van der Waals surface area (Å²) in [6, 6.07) is 5.74. The summed E-state index contributed by atoms with van der Waals surface area (Å²) in [6.07, 6.45) is 0. The first-order chi connectivity index (χ1) is 9.41. The topological polar surface area (TPSA) is 52.6 Å². The second-order valence-electron chi connectivity index (χ2n) is 4.70. The fourth-order valence-electron chi connectivity index (χ4n) is 1.99. The van der Waals surface area contributed by atoms with E-state index in [0.717, 1.165) is 13.1 Å². The Morgan fingerprint density at radius 1 is 1.15 bits per heavy atom. The Labute approximate surface area is 117 Å². The number of halogens is 2. The van der Waals surface area contributed by atoms with Gasteiger partial charge < -0.3 is 10.3 Å². The molecule has 0 saturated carbocycles. The van der Waals surface area contributed by atoms with Crippen molar-refractivity contribution in [3.8, 4) is 0 Å². The highest BCUT2D eigenvalue weighted by atomic mass is 32.2. The first-order valence-electron chi connectivity index (χ1n) is 6.22. The van der Waals surface area contributed by atoms with Crippen LogP contribution in [-0.2, 0) is 9.84 Å². The van der Waals surface area contributed by atoms with Crippen molar-refractivity contribution in [3.05, 3.63) is 24.3 Å². The first-order valence-corrected chi connectivity index (χ1v) is 7.77. The maximum atomic E-state index is 12.7. The van der Waals surface area contributed by atoms with Crippen molar-refractivity contribution in [1.29, 1.82) is 0 Å². The van der Waals surface area contributed by atoms with Crippen molar-refractivity contribution in [1.82, 2.24) is 9.91 Å². The van der Waals surface area contributed by atoms with Gasteiger partial charge in [0.15, 0.2) is 0 Å². The van der Waals surface area contributed by atoms with E-state index in [1.54, 1.807) is 6.07 Å². The summed E-state index contributed by atoms with van der Waals surface area (Å²) < 4.78 is 48.6. The molecule has 0 amide bonds. The van der Waals surface area contributed by atoms with Gasteiger partial charge >= 0.3 is 5.76 Å². The van der Waals surface area contributed by atoms with Crippen LogP contribution in [0.1, 0.15) is 0 Å². The van der Waals surface area contributed by atoms with Gasteiger partial charge in [-0.2, -0.15) is 8.78 Å². The van der Waals surface area contributed by atoms with E-state index in [9.17, 15) is 17.2 Å². The number of sulfone groups is 1. The number of alkyl halides is 2. The highest BCUT2D eigenvalue weighted by molar-refractivity contribution is 7.91. The van der Waals surface area contributed by atoms with Gasteiger partial charge in [0.25, 0.3) is 0 Å². The number of hydrazine groups is 1. The summed E-state index contributed by atoms with van der Waals surface area (Å²) in [5, 5.41) is 1.83. The molecule has 0 aliphatic carbocycles. The molecular formula is C12H17F2N3O2S. The Morgan fingerprint density at radius 2 is 1.75 bits per heavy atom. The molecule has 0 atom stereocenters. The third-order valence-electron chi connectivity index (χ3n) is 3.21. The van der Waals surface area contributed by atoms with E-state index in [1.165, 1.54) is 18.2 Å². The van der Waals surface area contributed by atoms with Crippen molar-refractivity contribution in [2.24, 2.45) is 0 Å². The quantitative estimate of drug-likeness (QED) is 0.907. The minimum absolute atomic E-state index is 0.192. The van der Waals surface area contributed by atoms with E-state index in [-0.39, 0.29) is 10.6 Å². The number of benzene rings is 1. The van der Waals surface area contributed by atoms with E-state index in [0.29, 0.717) is 13.1 Å². The molecule has 1 heterocycles. The van der Waals surface area contributed by atoms with Crippen molar-refractivity contribution < 1.29 is 17.2 Å². The number of rotatable bonds is 4. The SMILES string of the molecule is CN1CCN(Nc2ccccc2S(=O)(=O)C(F)F)CC1. The molecule has 0 aromatic heterocycles. The summed E-state index contributed by atoms with van der Waals surface area (Å²) in [6.45, 7) is 3.05. The summed E-state index contributed by atoms with van der Waals surface area (Å²) in [7, 11) is -2.61. The van der Waals surface area contributed by atoms with Crippen molar-refractivity contribution in [3.63, 3.8) is 0 Å². The zero-order chi connectivity index (χ0) is 14.8. The third-order valence-corrected chi connectivity index (χ3v) is 4.65. The van der Waals surface area contributed by atoms with Crippen LogP contribution < -0.4 is 5.43 Å². The smallest absolute Gasteiger partial charge is 0.317 e. The van der Waals surface area contributed by atoms with Crippen LogP contribution >= 0.6 is 0 Å². The van der Waals surface area contributed by atoms with Crippen molar-refractivity contribution in [2.45, 2.75) is 10.7 Å². The molecule has 1 fully saturated rings. The first kappa shape index (κ1) is 15.1. The van der Waals surface area contributed by atoms with Gasteiger partial charge in [0.05, 0.1) is 10.6 Å². The van der Waals surface area contributed by atoms with Gasteiger partial charge in [-0.1, -0.05) is 12.1 Å². The van der Waals surface area contributed by atoms with E-state index >= 15 is 0 Å². The lowest BCUT2D eigenvalue weighted by Crippen LogP contribution is -2.47. The zero-order valence-electron chi connectivity index (χ0n) is 11.1. The Balaban J connectivity index is 2.21. The summed E-state index contributed by atoms with van der Waals surface area (Å²) in [5.74, 6) is -3.42. The minimum Gasteiger partial charge on any atom is -0.317 e. The number of hydrogen-bond donors (Lipinski definition) is 1. The second kappa shape index (κ2) is 6.02. The highest BCUT2D eigenvalue weighted by Gasteiger charge is 2.29. The van der Waals surface area contributed by atoms with Gasteiger partial charge in [-0.25, -0.2) is 13.4 Å². The van der Waals surface area contributed by atoms with Crippen LogP contribution in [0.3, 0.4) is 0 Å². The fraction of sp³-hybridized carbons (Fsp3) is 0.500. The van der Waals surface area contributed by atoms with Crippen LogP contribution in [0.25, 0.3) is 0 Å². The molecule has 5 nitrogen and oxygen atoms in total. The lowest BCUT2D eigenvalue weighted by Gasteiger charge is -2.33. The molecule has 0 radical (unpaired) electrons. The molecule has 20 heavy (non-hydrogen) atoms. The Morgan fingerprint density at radius 3 is 2.35 bits per heavy atom. The van der Waals surface area contributed by atoms with E-state index in [1.807, 2.05) is 12.1 Å². The third kappa shape index (κ3) is 3.25. The molecule has 1 saturated heterocycles. The van der Waals surface area contributed by atoms with Crippen LogP contribution in [0, 0.1) is 0 Å². The summed E-state index contributed by atoms with van der Waals surface area (Å²) >= 11 is 0. The monoisotopic (exact) mass is 305 g/mol. The number of likely N-dealkylation sites (N-methyl/N-ethyl adjacent to an activating group) is 1. The van der Waals surface area contributed by atoms with Crippen LogP contribution in [0.5, 0.6) is 0 Å². The van der Waals surface area contributed by atoms with Gasteiger partial charge in [0.1, 0.15) is 0 Å². The number of anilines is 1. The Hall–Kier alpha value is -1.25. The molecule has 1 aliphatic heterocycles. The van der Waals surface area contributed by atoms with E-state index in [2.05, 4.69) is 10.3 Å². The van der Waals surface area contributed by atoms with Crippen molar-refractivity contribution in [2.75, 3.05) is 38.7 Å². The molecule has 1 aromatic carbocycles. The number of piperazine rings is 1. The van der Waals surface area contributed by atoms with Gasteiger partial charge in [-0.05, 0) is 19.2 Å². The molecule has 0 spiro atoms. The van der Waals surface area contributed by atoms with Gasteiger partial charge in [0, 0.05) is 26.2 Å². The predicted molar refractivity (Wildman–Crippen MR) is 72.3 cm³/mol.